The van der Waals surface area contributed by atoms with Crippen LogP contribution in [0.4, 0.5) is 0 Å². The minimum absolute atomic E-state index is 0. The Balaban J connectivity index is 0.00000289. The second-order valence-electron chi connectivity index (χ2n) is 8.02. The standard InChI is InChI=1S/C31H26NOP.Ni/c1-5-14-25(15-6-1)30(33-29-22-13-23-32-31(29)26-16-7-2-8-17-26)24-34(27-18-9-3-10-19-27)28-20-11-4-12-21-28;/h1-23,30H,24H2;. The SMILES string of the molecule is [Ni].c1ccc(-c2ncccc2OC(CP(c2ccccc2)c2ccccc2)c2ccccc2)cc1. The van der Waals surface area contributed by atoms with E-state index in [2.05, 4.69) is 108 Å². The first-order valence-corrected chi connectivity index (χ1v) is 13.0. The molecule has 35 heavy (non-hydrogen) atoms. The van der Waals surface area contributed by atoms with E-state index in [-0.39, 0.29) is 22.6 Å². The zero-order chi connectivity index (χ0) is 23.0. The van der Waals surface area contributed by atoms with E-state index in [1.807, 2.05) is 36.5 Å². The van der Waals surface area contributed by atoms with E-state index in [4.69, 9.17) is 4.74 Å². The maximum Gasteiger partial charge on any atom is 0.146 e. The van der Waals surface area contributed by atoms with Gasteiger partial charge in [0, 0.05) is 34.4 Å². The van der Waals surface area contributed by atoms with Crippen molar-refractivity contribution in [3.05, 3.63) is 145 Å². The summed E-state index contributed by atoms with van der Waals surface area (Å²) < 4.78 is 6.81. The van der Waals surface area contributed by atoms with Crippen LogP contribution in [-0.2, 0) is 16.5 Å². The largest absolute Gasteiger partial charge is 0.483 e. The molecule has 1 aromatic heterocycles. The van der Waals surface area contributed by atoms with Gasteiger partial charge in [-0.15, -0.1) is 0 Å². The van der Waals surface area contributed by atoms with Crippen LogP contribution in [0.1, 0.15) is 11.7 Å². The Labute approximate surface area is 218 Å². The number of hydrogen-bond acceptors (Lipinski definition) is 2. The molecule has 0 fully saturated rings. The minimum atomic E-state index is -0.619. The summed E-state index contributed by atoms with van der Waals surface area (Å²) in [5.41, 5.74) is 3.09. The van der Waals surface area contributed by atoms with Crippen molar-refractivity contribution in [2.75, 3.05) is 6.16 Å². The Morgan fingerprint density at radius 1 is 0.600 bits per heavy atom. The summed E-state index contributed by atoms with van der Waals surface area (Å²) in [6.45, 7) is 0. The number of nitrogens with zero attached hydrogens (tertiary/aromatic N) is 1. The number of aromatic nitrogens is 1. The number of rotatable bonds is 8. The van der Waals surface area contributed by atoms with Crippen LogP contribution >= 0.6 is 7.92 Å². The summed E-state index contributed by atoms with van der Waals surface area (Å²) in [5.74, 6) is 0.804. The molecule has 0 aliphatic rings. The molecule has 176 valence electrons. The zero-order valence-corrected chi connectivity index (χ0v) is 21.1. The third kappa shape index (κ3) is 6.26. The predicted molar refractivity (Wildman–Crippen MR) is 143 cm³/mol. The van der Waals surface area contributed by atoms with E-state index in [1.165, 1.54) is 16.2 Å². The van der Waals surface area contributed by atoms with E-state index in [9.17, 15) is 0 Å². The molecular weight excluding hydrogens is 492 g/mol. The van der Waals surface area contributed by atoms with Gasteiger partial charge in [0.1, 0.15) is 17.5 Å². The van der Waals surface area contributed by atoms with Gasteiger partial charge in [0.2, 0.25) is 0 Å². The zero-order valence-electron chi connectivity index (χ0n) is 19.2. The van der Waals surface area contributed by atoms with Crippen molar-refractivity contribution in [3.8, 4) is 17.0 Å². The maximum atomic E-state index is 6.81. The molecule has 0 bridgehead atoms. The Hall–Kier alpha value is -3.25. The van der Waals surface area contributed by atoms with Crippen LogP contribution in [0.25, 0.3) is 11.3 Å². The molecule has 1 unspecified atom stereocenters. The summed E-state index contributed by atoms with van der Waals surface area (Å²) in [6.07, 6.45) is 2.59. The molecule has 0 saturated carbocycles. The minimum Gasteiger partial charge on any atom is -0.483 e. The topological polar surface area (TPSA) is 22.1 Å². The molecule has 0 aliphatic carbocycles. The van der Waals surface area contributed by atoms with E-state index in [0.29, 0.717) is 0 Å². The quantitative estimate of drug-likeness (QED) is 0.163. The van der Waals surface area contributed by atoms with Crippen molar-refractivity contribution in [1.82, 2.24) is 4.98 Å². The Kier molecular flexibility index (Phi) is 8.85. The average molecular weight is 518 g/mol. The first-order chi connectivity index (χ1) is 16.9. The Morgan fingerprint density at radius 2 is 1.11 bits per heavy atom. The molecule has 4 heteroatoms. The fraction of sp³-hybridized carbons (Fsp3) is 0.0645. The third-order valence-corrected chi connectivity index (χ3v) is 8.28. The fourth-order valence-electron chi connectivity index (χ4n) is 4.07. The molecule has 5 aromatic rings. The molecule has 1 heterocycles. The van der Waals surface area contributed by atoms with Gasteiger partial charge < -0.3 is 4.74 Å². The summed E-state index contributed by atoms with van der Waals surface area (Å²) in [6, 6.07) is 46.4. The molecule has 5 rings (SSSR count). The summed E-state index contributed by atoms with van der Waals surface area (Å²) in [7, 11) is -0.619. The molecule has 0 amide bonds. The average Bonchev–Trinajstić information content (AvgIpc) is 2.93. The van der Waals surface area contributed by atoms with Gasteiger partial charge in [-0.05, 0) is 36.2 Å². The second-order valence-corrected chi connectivity index (χ2v) is 10.3. The molecule has 0 radical (unpaired) electrons. The summed E-state index contributed by atoms with van der Waals surface area (Å²) >= 11 is 0. The van der Waals surface area contributed by atoms with Crippen LogP contribution in [0.2, 0.25) is 0 Å². The molecule has 4 aromatic carbocycles. The van der Waals surface area contributed by atoms with Crippen molar-refractivity contribution in [3.63, 3.8) is 0 Å². The Morgan fingerprint density at radius 3 is 1.69 bits per heavy atom. The first kappa shape index (κ1) is 24.9. The predicted octanol–water partition coefficient (Wildman–Crippen LogP) is 7.00. The van der Waals surface area contributed by atoms with Crippen LogP contribution in [-0.4, -0.2) is 11.1 Å². The Bertz CT molecular complexity index is 1260. The van der Waals surface area contributed by atoms with E-state index >= 15 is 0 Å². The maximum absolute atomic E-state index is 6.81. The van der Waals surface area contributed by atoms with Crippen LogP contribution in [0.3, 0.4) is 0 Å². The van der Waals surface area contributed by atoms with Crippen LogP contribution < -0.4 is 15.3 Å². The molecule has 2 nitrogen and oxygen atoms in total. The van der Waals surface area contributed by atoms with Crippen LogP contribution in [0, 0.1) is 0 Å². The van der Waals surface area contributed by atoms with Gasteiger partial charge in [0.25, 0.3) is 0 Å². The van der Waals surface area contributed by atoms with Crippen molar-refractivity contribution in [2.45, 2.75) is 6.10 Å². The molecule has 1 atom stereocenters. The van der Waals surface area contributed by atoms with Crippen molar-refractivity contribution in [2.24, 2.45) is 0 Å². The van der Waals surface area contributed by atoms with Gasteiger partial charge >= 0.3 is 0 Å². The van der Waals surface area contributed by atoms with Crippen molar-refractivity contribution < 1.29 is 21.2 Å². The van der Waals surface area contributed by atoms with Gasteiger partial charge in [-0.2, -0.15) is 0 Å². The second kappa shape index (κ2) is 12.5. The van der Waals surface area contributed by atoms with Crippen LogP contribution in [0.5, 0.6) is 5.75 Å². The number of hydrogen-bond donors (Lipinski definition) is 0. The van der Waals surface area contributed by atoms with Gasteiger partial charge in [-0.1, -0.05) is 121 Å². The molecule has 0 N–H and O–H groups in total. The number of benzene rings is 4. The summed E-state index contributed by atoms with van der Waals surface area (Å²) in [5, 5.41) is 2.70. The van der Waals surface area contributed by atoms with Gasteiger partial charge in [0.05, 0.1) is 0 Å². The molecule has 0 aliphatic heterocycles. The van der Waals surface area contributed by atoms with Crippen molar-refractivity contribution >= 4 is 18.5 Å². The molecular formula is C31H26NNiOP. The van der Waals surface area contributed by atoms with E-state index < -0.39 is 7.92 Å². The number of ether oxygens (including phenoxy) is 1. The van der Waals surface area contributed by atoms with Crippen LogP contribution in [0.15, 0.2) is 140 Å². The summed E-state index contributed by atoms with van der Waals surface area (Å²) in [4.78, 5) is 4.67. The smallest absolute Gasteiger partial charge is 0.146 e. The van der Waals surface area contributed by atoms with Gasteiger partial charge in [0.15, 0.2) is 0 Å². The molecule has 0 spiro atoms. The van der Waals surface area contributed by atoms with E-state index in [0.717, 1.165) is 23.2 Å². The number of pyridine rings is 1. The fourth-order valence-corrected chi connectivity index (χ4v) is 6.47. The molecule has 0 saturated heterocycles. The van der Waals surface area contributed by atoms with Crippen molar-refractivity contribution in [1.29, 1.82) is 0 Å². The van der Waals surface area contributed by atoms with Gasteiger partial charge in [-0.25, -0.2) is 0 Å². The monoisotopic (exact) mass is 517 g/mol. The normalized spacial score (nSPS) is 11.5. The first-order valence-electron chi connectivity index (χ1n) is 11.5. The van der Waals surface area contributed by atoms with E-state index in [1.54, 1.807) is 0 Å². The third-order valence-electron chi connectivity index (χ3n) is 5.74. The van der Waals surface area contributed by atoms with Gasteiger partial charge in [-0.3, -0.25) is 4.98 Å².